The molecule has 4 aromatic carbocycles. The summed E-state index contributed by atoms with van der Waals surface area (Å²) in [6.07, 6.45) is 1.93. The van der Waals surface area contributed by atoms with Gasteiger partial charge in [0.15, 0.2) is 0 Å². The second-order valence-electron chi connectivity index (χ2n) is 9.16. The molecule has 0 fully saturated rings. The molecular formula is C31H31N3O4S2. The van der Waals surface area contributed by atoms with Crippen LogP contribution in [0, 0.1) is 0 Å². The summed E-state index contributed by atoms with van der Waals surface area (Å²) in [4.78, 5) is 14.4. The topological polar surface area (TPSA) is 80.6 Å². The Bertz CT molecular complexity index is 1760. The van der Waals surface area contributed by atoms with Gasteiger partial charge in [0.05, 0.1) is 17.2 Å². The summed E-state index contributed by atoms with van der Waals surface area (Å²) in [6, 6.07) is 27.3. The first-order chi connectivity index (χ1) is 19.3. The number of para-hydroxylation sites is 1. The Hall–Kier alpha value is -3.95. The molecule has 5 rings (SSSR count). The Morgan fingerprint density at radius 2 is 1.60 bits per heavy atom. The van der Waals surface area contributed by atoms with Crippen molar-refractivity contribution in [3.8, 4) is 5.75 Å². The third-order valence-corrected chi connectivity index (χ3v) is 9.27. The van der Waals surface area contributed by atoms with Crippen molar-refractivity contribution in [1.82, 2.24) is 4.57 Å². The van der Waals surface area contributed by atoms with Crippen molar-refractivity contribution < 1.29 is 17.9 Å². The van der Waals surface area contributed by atoms with Crippen LogP contribution in [-0.2, 0) is 21.4 Å². The van der Waals surface area contributed by atoms with E-state index in [-0.39, 0.29) is 4.90 Å². The number of aromatic nitrogens is 1. The molecule has 0 saturated carbocycles. The van der Waals surface area contributed by atoms with Crippen LogP contribution in [0.3, 0.4) is 0 Å². The third kappa shape index (κ3) is 5.39. The summed E-state index contributed by atoms with van der Waals surface area (Å²) < 4.78 is 36.5. The molecule has 0 unspecified atom stereocenters. The minimum atomic E-state index is -4.04. The number of thioether (sulfide) groups is 1. The molecule has 0 saturated heterocycles. The Morgan fingerprint density at radius 3 is 2.27 bits per heavy atom. The minimum Gasteiger partial charge on any atom is -0.494 e. The summed E-state index contributed by atoms with van der Waals surface area (Å²) in [5.41, 5.74) is 3.18. The van der Waals surface area contributed by atoms with Crippen LogP contribution in [0.25, 0.3) is 21.8 Å². The number of amides is 1. The summed E-state index contributed by atoms with van der Waals surface area (Å²) in [6.45, 7) is 4.90. The lowest BCUT2D eigenvalue weighted by atomic mass is 10.1. The Balaban J connectivity index is 1.47. The van der Waals surface area contributed by atoms with E-state index >= 15 is 0 Å². The van der Waals surface area contributed by atoms with Crippen LogP contribution in [0.1, 0.15) is 13.8 Å². The van der Waals surface area contributed by atoms with Gasteiger partial charge < -0.3 is 14.6 Å². The van der Waals surface area contributed by atoms with Crippen molar-refractivity contribution in [2.75, 3.05) is 29.0 Å². The maximum absolute atomic E-state index is 13.8. The lowest BCUT2D eigenvalue weighted by Crippen LogP contribution is -2.38. The third-order valence-electron chi connectivity index (χ3n) is 6.74. The standard InChI is InChI=1S/C31H31N3O4S2/c1-4-33-29-9-7-6-8-27(29)28-20-22(10-19-30(28)33)32-31(35)21-34(23-11-13-24(14-12-23)38-5-2)40(36,37)26-17-15-25(39-3)16-18-26/h6-20H,4-5,21H2,1-3H3,(H,32,35). The van der Waals surface area contributed by atoms with E-state index in [1.54, 1.807) is 48.5 Å². The van der Waals surface area contributed by atoms with Gasteiger partial charge in [-0.05, 0) is 92.9 Å². The van der Waals surface area contributed by atoms with Gasteiger partial charge in [-0.15, -0.1) is 11.8 Å². The van der Waals surface area contributed by atoms with E-state index in [0.717, 1.165) is 37.6 Å². The highest BCUT2D eigenvalue weighted by Crippen LogP contribution is 2.31. The smallest absolute Gasteiger partial charge is 0.264 e. The van der Waals surface area contributed by atoms with E-state index in [1.165, 1.54) is 11.8 Å². The molecule has 0 atom stereocenters. The number of benzene rings is 4. The number of carbonyl (C=O) groups is 1. The fraction of sp³-hybridized carbons (Fsp3) is 0.194. The fourth-order valence-corrected chi connectivity index (χ4v) is 6.70. The number of ether oxygens (including phenoxy) is 1. The van der Waals surface area contributed by atoms with Crippen LogP contribution in [0.5, 0.6) is 5.75 Å². The maximum Gasteiger partial charge on any atom is 0.264 e. The van der Waals surface area contributed by atoms with Gasteiger partial charge in [0, 0.05) is 38.9 Å². The number of carbonyl (C=O) groups excluding carboxylic acids is 1. The highest BCUT2D eigenvalue weighted by Gasteiger charge is 2.27. The van der Waals surface area contributed by atoms with Crippen LogP contribution in [0.15, 0.2) is 101 Å². The molecule has 1 heterocycles. The monoisotopic (exact) mass is 573 g/mol. The van der Waals surface area contributed by atoms with Crippen molar-refractivity contribution in [2.24, 2.45) is 0 Å². The first kappa shape index (κ1) is 27.6. The van der Waals surface area contributed by atoms with Crippen LogP contribution < -0.4 is 14.4 Å². The second kappa shape index (κ2) is 11.7. The van der Waals surface area contributed by atoms with Crippen molar-refractivity contribution >= 4 is 60.9 Å². The zero-order valence-electron chi connectivity index (χ0n) is 22.6. The summed E-state index contributed by atoms with van der Waals surface area (Å²) in [5, 5.41) is 5.05. The number of aryl methyl sites for hydroxylation is 1. The number of rotatable bonds is 10. The number of fused-ring (bicyclic) bond motifs is 3. The molecule has 0 spiro atoms. The number of anilines is 2. The Labute approximate surface area is 238 Å². The average Bonchev–Trinajstić information content (AvgIpc) is 3.29. The van der Waals surface area contributed by atoms with Gasteiger partial charge in [-0.1, -0.05) is 18.2 Å². The van der Waals surface area contributed by atoms with E-state index in [0.29, 0.717) is 23.7 Å². The zero-order valence-corrected chi connectivity index (χ0v) is 24.3. The van der Waals surface area contributed by atoms with Crippen molar-refractivity contribution in [3.05, 3.63) is 91.0 Å². The quantitative estimate of drug-likeness (QED) is 0.187. The highest BCUT2D eigenvalue weighted by molar-refractivity contribution is 7.98. The highest BCUT2D eigenvalue weighted by atomic mass is 32.2. The number of nitrogens with one attached hydrogen (secondary N) is 1. The van der Waals surface area contributed by atoms with E-state index < -0.39 is 22.5 Å². The molecule has 1 N–H and O–H groups in total. The van der Waals surface area contributed by atoms with Gasteiger partial charge in [-0.3, -0.25) is 9.10 Å². The summed E-state index contributed by atoms with van der Waals surface area (Å²) in [5.74, 6) is 0.175. The zero-order chi connectivity index (χ0) is 28.3. The van der Waals surface area contributed by atoms with Gasteiger partial charge in [0.2, 0.25) is 5.91 Å². The largest absolute Gasteiger partial charge is 0.494 e. The van der Waals surface area contributed by atoms with E-state index in [9.17, 15) is 13.2 Å². The molecular weight excluding hydrogens is 542 g/mol. The molecule has 0 aliphatic rings. The molecule has 1 aromatic heterocycles. The molecule has 40 heavy (non-hydrogen) atoms. The minimum absolute atomic E-state index is 0.112. The summed E-state index contributed by atoms with van der Waals surface area (Å²) in [7, 11) is -4.04. The summed E-state index contributed by atoms with van der Waals surface area (Å²) >= 11 is 1.53. The lowest BCUT2D eigenvalue weighted by molar-refractivity contribution is -0.114. The molecule has 5 aromatic rings. The predicted octanol–water partition coefficient (Wildman–Crippen LogP) is 6.77. The van der Waals surface area contributed by atoms with E-state index in [4.69, 9.17) is 4.74 Å². The van der Waals surface area contributed by atoms with E-state index in [2.05, 4.69) is 28.9 Å². The molecule has 206 valence electrons. The SMILES string of the molecule is CCOc1ccc(N(CC(=O)Nc2ccc3c(c2)c2ccccc2n3CC)S(=O)(=O)c2ccc(SC)cc2)cc1. The Morgan fingerprint density at radius 1 is 0.900 bits per heavy atom. The lowest BCUT2D eigenvalue weighted by Gasteiger charge is -2.24. The molecule has 1 amide bonds. The maximum atomic E-state index is 13.8. The fourth-order valence-electron chi connectivity index (χ4n) is 4.87. The molecule has 0 bridgehead atoms. The molecule has 0 radical (unpaired) electrons. The number of sulfonamides is 1. The normalized spacial score (nSPS) is 11.6. The number of hydrogen-bond donors (Lipinski definition) is 1. The molecule has 0 aliphatic carbocycles. The Kier molecular flexibility index (Phi) is 8.04. The van der Waals surface area contributed by atoms with Crippen molar-refractivity contribution in [1.29, 1.82) is 0 Å². The van der Waals surface area contributed by atoms with Gasteiger partial charge in [-0.2, -0.15) is 0 Å². The van der Waals surface area contributed by atoms with Gasteiger partial charge in [0.1, 0.15) is 12.3 Å². The van der Waals surface area contributed by atoms with Crippen LogP contribution >= 0.6 is 11.8 Å². The molecule has 9 heteroatoms. The number of hydrogen-bond acceptors (Lipinski definition) is 5. The van der Waals surface area contributed by atoms with Gasteiger partial charge in [0.25, 0.3) is 10.0 Å². The van der Waals surface area contributed by atoms with Crippen molar-refractivity contribution in [2.45, 2.75) is 30.2 Å². The molecule has 0 aliphatic heterocycles. The molecule has 7 nitrogen and oxygen atoms in total. The van der Waals surface area contributed by atoms with Crippen LogP contribution in [0.2, 0.25) is 0 Å². The van der Waals surface area contributed by atoms with Gasteiger partial charge in [-0.25, -0.2) is 8.42 Å². The predicted molar refractivity (Wildman–Crippen MR) is 164 cm³/mol. The number of nitrogens with zero attached hydrogens (tertiary/aromatic N) is 2. The van der Waals surface area contributed by atoms with Crippen LogP contribution in [0.4, 0.5) is 11.4 Å². The van der Waals surface area contributed by atoms with Gasteiger partial charge >= 0.3 is 0 Å². The first-order valence-electron chi connectivity index (χ1n) is 13.1. The van der Waals surface area contributed by atoms with E-state index in [1.807, 2.05) is 43.5 Å². The van der Waals surface area contributed by atoms with Crippen LogP contribution in [-0.4, -0.2) is 38.3 Å². The second-order valence-corrected chi connectivity index (χ2v) is 11.9. The first-order valence-corrected chi connectivity index (χ1v) is 15.7. The van der Waals surface area contributed by atoms with Crippen molar-refractivity contribution in [3.63, 3.8) is 0 Å². The average molecular weight is 574 g/mol.